The fourth-order valence-corrected chi connectivity index (χ4v) is 4.66. The molecule has 0 spiro atoms. The molecule has 1 aliphatic heterocycles. The Balaban J connectivity index is 1.34. The van der Waals surface area contributed by atoms with Crippen molar-refractivity contribution >= 4 is 34.1 Å². The summed E-state index contributed by atoms with van der Waals surface area (Å²) in [5.41, 5.74) is 5.78. The van der Waals surface area contributed by atoms with Gasteiger partial charge in [-0.2, -0.15) is 5.10 Å². The van der Waals surface area contributed by atoms with Crippen molar-refractivity contribution in [1.29, 1.82) is 0 Å². The van der Waals surface area contributed by atoms with Gasteiger partial charge in [-0.3, -0.25) is 9.59 Å². The van der Waals surface area contributed by atoms with Gasteiger partial charge in [-0.15, -0.1) is 0 Å². The first-order valence-electron chi connectivity index (χ1n) is 11.4. The summed E-state index contributed by atoms with van der Waals surface area (Å²) in [5.74, 6) is -0.142. The molecule has 3 heterocycles. The predicted octanol–water partition coefficient (Wildman–Crippen LogP) is 4.31. The van der Waals surface area contributed by atoms with E-state index < -0.39 is 0 Å². The van der Waals surface area contributed by atoms with Crippen LogP contribution in [0.15, 0.2) is 48.5 Å². The van der Waals surface area contributed by atoms with E-state index in [1.165, 1.54) is 0 Å². The van der Waals surface area contributed by atoms with Crippen molar-refractivity contribution in [3.05, 3.63) is 71.0 Å². The van der Waals surface area contributed by atoms with E-state index in [1.807, 2.05) is 59.7 Å². The summed E-state index contributed by atoms with van der Waals surface area (Å²) in [6, 6.07) is 15.2. The molecule has 168 valence electrons. The fourth-order valence-electron chi connectivity index (χ4n) is 4.66. The molecule has 1 fully saturated rings. The molecule has 5 rings (SSSR count). The molecule has 0 saturated carbocycles. The van der Waals surface area contributed by atoms with E-state index in [4.69, 9.17) is 10.1 Å². The van der Waals surface area contributed by atoms with Crippen molar-refractivity contribution in [2.75, 3.05) is 18.4 Å². The van der Waals surface area contributed by atoms with Crippen LogP contribution < -0.4 is 5.32 Å². The van der Waals surface area contributed by atoms with Gasteiger partial charge in [0.15, 0.2) is 5.65 Å². The SMILES string of the molecule is Cc1nc2c3ccccc3nn2c(C)c1CCC(=O)Nc1ccccc1C(=O)N1CCCC1. The molecule has 2 aromatic heterocycles. The van der Waals surface area contributed by atoms with Gasteiger partial charge in [0.2, 0.25) is 5.91 Å². The van der Waals surface area contributed by atoms with Gasteiger partial charge < -0.3 is 10.2 Å². The Hall–Kier alpha value is -3.74. The van der Waals surface area contributed by atoms with E-state index in [0.717, 1.165) is 59.4 Å². The first-order valence-corrected chi connectivity index (χ1v) is 11.4. The molecule has 1 aliphatic rings. The second kappa shape index (κ2) is 8.65. The maximum absolute atomic E-state index is 12.9. The zero-order chi connectivity index (χ0) is 22.9. The highest BCUT2D eigenvalue weighted by molar-refractivity contribution is 6.03. The Kier molecular flexibility index (Phi) is 5.54. The average Bonchev–Trinajstić information content (AvgIpc) is 3.48. The number of amides is 2. The number of anilines is 1. The fraction of sp³-hybridized carbons (Fsp3) is 0.308. The minimum Gasteiger partial charge on any atom is -0.339 e. The van der Waals surface area contributed by atoms with E-state index >= 15 is 0 Å². The normalized spacial score (nSPS) is 13.7. The number of hydrogen-bond donors (Lipinski definition) is 1. The Bertz CT molecular complexity index is 1370. The van der Waals surface area contributed by atoms with Crippen molar-refractivity contribution in [3.63, 3.8) is 0 Å². The third-order valence-corrected chi connectivity index (χ3v) is 6.44. The lowest BCUT2D eigenvalue weighted by Gasteiger charge is -2.18. The molecule has 0 aliphatic carbocycles. The molecule has 0 bridgehead atoms. The Labute approximate surface area is 192 Å². The highest BCUT2D eigenvalue weighted by Gasteiger charge is 2.22. The second-order valence-electron chi connectivity index (χ2n) is 8.61. The van der Waals surface area contributed by atoms with Crippen LogP contribution in [0, 0.1) is 13.8 Å². The summed E-state index contributed by atoms with van der Waals surface area (Å²) < 4.78 is 1.87. The van der Waals surface area contributed by atoms with Crippen molar-refractivity contribution in [3.8, 4) is 0 Å². The topological polar surface area (TPSA) is 79.6 Å². The van der Waals surface area contributed by atoms with Crippen LogP contribution in [-0.4, -0.2) is 44.4 Å². The number of aromatic nitrogens is 3. The van der Waals surface area contributed by atoms with Gasteiger partial charge in [-0.1, -0.05) is 24.3 Å². The predicted molar refractivity (Wildman–Crippen MR) is 128 cm³/mol. The molecular formula is C26H27N5O2. The Morgan fingerprint density at radius 3 is 2.55 bits per heavy atom. The van der Waals surface area contributed by atoms with Gasteiger partial charge in [0.05, 0.1) is 16.8 Å². The molecule has 4 aromatic rings. The Morgan fingerprint density at radius 1 is 1.00 bits per heavy atom. The van der Waals surface area contributed by atoms with E-state index in [-0.39, 0.29) is 11.8 Å². The van der Waals surface area contributed by atoms with Crippen LogP contribution in [0.4, 0.5) is 5.69 Å². The number of benzene rings is 2. The molecule has 2 aromatic carbocycles. The first-order chi connectivity index (χ1) is 16.0. The summed E-state index contributed by atoms with van der Waals surface area (Å²) in [6.07, 6.45) is 2.90. The quantitative estimate of drug-likeness (QED) is 0.501. The molecular weight excluding hydrogens is 414 g/mol. The van der Waals surface area contributed by atoms with Crippen LogP contribution in [0.2, 0.25) is 0 Å². The zero-order valence-corrected chi connectivity index (χ0v) is 19.0. The average molecular weight is 442 g/mol. The third-order valence-electron chi connectivity index (χ3n) is 6.44. The monoisotopic (exact) mass is 441 g/mol. The van der Waals surface area contributed by atoms with Crippen LogP contribution in [0.1, 0.15) is 46.6 Å². The summed E-state index contributed by atoms with van der Waals surface area (Å²) in [5, 5.41) is 8.67. The molecule has 33 heavy (non-hydrogen) atoms. The van der Waals surface area contributed by atoms with Crippen LogP contribution in [-0.2, 0) is 11.2 Å². The van der Waals surface area contributed by atoms with E-state index in [1.54, 1.807) is 12.1 Å². The number of carbonyl (C=O) groups excluding carboxylic acids is 2. The van der Waals surface area contributed by atoms with Gasteiger partial charge in [-0.05, 0) is 62.9 Å². The lowest BCUT2D eigenvalue weighted by molar-refractivity contribution is -0.116. The molecule has 1 saturated heterocycles. The van der Waals surface area contributed by atoms with Crippen molar-refractivity contribution in [2.24, 2.45) is 0 Å². The van der Waals surface area contributed by atoms with Gasteiger partial charge in [0.25, 0.3) is 5.91 Å². The molecule has 0 radical (unpaired) electrons. The minimum absolute atomic E-state index is 0.0181. The lowest BCUT2D eigenvalue weighted by Crippen LogP contribution is -2.28. The summed E-state index contributed by atoms with van der Waals surface area (Å²) in [6.45, 7) is 5.55. The van der Waals surface area contributed by atoms with E-state index in [0.29, 0.717) is 24.1 Å². The molecule has 0 atom stereocenters. The Morgan fingerprint density at radius 2 is 1.73 bits per heavy atom. The highest BCUT2D eigenvalue weighted by atomic mass is 16.2. The van der Waals surface area contributed by atoms with Gasteiger partial charge in [-0.25, -0.2) is 9.50 Å². The smallest absolute Gasteiger partial charge is 0.255 e. The molecule has 2 amide bonds. The lowest BCUT2D eigenvalue weighted by atomic mass is 10.1. The summed E-state index contributed by atoms with van der Waals surface area (Å²) >= 11 is 0. The largest absolute Gasteiger partial charge is 0.339 e. The number of aryl methyl sites for hydroxylation is 2. The van der Waals surface area contributed by atoms with Crippen LogP contribution in [0.3, 0.4) is 0 Å². The van der Waals surface area contributed by atoms with Crippen LogP contribution >= 0.6 is 0 Å². The summed E-state index contributed by atoms with van der Waals surface area (Å²) in [4.78, 5) is 32.3. The van der Waals surface area contributed by atoms with Gasteiger partial charge in [0.1, 0.15) is 0 Å². The van der Waals surface area contributed by atoms with E-state index in [2.05, 4.69) is 5.32 Å². The number of nitrogens with zero attached hydrogens (tertiary/aromatic N) is 4. The maximum atomic E-state index is 12.9. The zero-order valence-electron chi connectivity index (χ0n) is 19.0. The van der Waals surface area contributed by atoms with E-state index in [9.17, 15) is 9.59 Å². The van der Waals surface area contributed by atoms with Crippen molar-refractivity contribution in [2.45, 2.75) is 39.5 Å². The number of rotatable bonds is 5. The maximum Gasteiger partial charge on any atom is 0.255 e. The summed E-state index contributed by atoms with van der Waals surface area (Å²) in [7, 11) is 0. The molecule has 0 unspecified atom stereocenters. The number of fused-ring (bicyclic) bond motifs is 3. The van der Waals surface area contributed by atoms with Crippen LogP contribution in [0.5, 0.6) is 0 Å². The minimum atomic E-state index is -0.124. The van der Waals surface area contributed by atoms with Crippen molar-refractivity contribution in [1.82, 2.24) is 19.5 Å². The van der Waals surface area contributed by atoms with Gasteiger partial charge in [0, 0.05) is 36.3 Å². The number of nitrogens with one attached hydrogen (secondary N) is 1. The number of likely N-dealkylation sites (tertiary alicyclic amines) is 1. The highest BCUT2D eigenvalue weighted by Crippen LogP contribution is 2.24. The van der Waals surface area contributed by atoms with Crippen LogP contribution in [0.25, 0.3) is 16.6 Å². The molecule has 7 nitrogen and oxygen atoms in total. The first kappa shape index (κ1) is 21.1. The molecule has 1 N–H and O–H groups in total. The molecule has 7 heteroatoms. The second-order valence-corrected chi connectivity index (χ2v) is 8.61. The van der Waals surface area contributed by atoms with Gasteiger partial charge >= 0.3 is 0 Å². The standard InChI is InChI=1S/C26H27N5O2/c1-17-19(18(2)31-25(27-17)20-9-3-6-12-23(20)29-31)13-14-24(32)28-22-11-5-4-10-21(22)26(33)30-15-7-8-16-30/h3-6,9-12H,7-8,13-16H2,1-2H3,(H,28,32). The van der Waals surface area contributed by atoms with Crippen molar-refractivity contribution < 1.29 is 9.59 Å². The third kappa shape index (κ3) is 3.95. The number of para-hydroxylation sites is 1. The number of carbonyl (C=O) groups is 2. The number of hydrogen-bond acceptors (Lipinski definition) is 4.